The SMILES string of the molecule is CCOC(=O)C(F)(F)C(F)C(F)(F)F. The van der Waals surface area contributed by atoms with Crippen molar-refractivity contribution in [1.29, 1.82) is 0 Å². The maximum absolute atomic E-state index is 12.3. The van der Waals surface area contributed by atoms with E-state index in [9.17, 15) is 31.1 Å². The van der Waals surface area contributed by atoms with E-state index in [1.54, 1.807) is 0 Å². The highest BCUT2D eigenvalue weighted by Crippen LogP contribution is 2.35. The van der Waals surface area contributed by atoms with E-state index in [0.717, 1.165) is 6.92 Å². The summed E-state index contributed by atoms with van der Waals surface area (Å²) in [5, 5.41) is 0. The molecule has 0 N–H and O–H groups in total. The number of carbonyl (C=O) groups is 1. The van der Waals surface area contributed by atoms with Gasteiger partial charge in [-0.1, -0.05) is 0 Å². The van der Waals surface area contributed by atoms with Crippen LogP contribution in [0.2, 0.25) is 0 Å². The standard InChI is InChI=1S/C6H6F6O2/c1-2-14-4(13)5(8,9)3(7)6(10,11)12/h3H,2H2,1H3. The molecule has 84 valence electrons. The third-order valence-corrected chi connectivity index (χ3v) is 1.15. The third-order valence-electron chi connectivity index (χ3n) is 1.15. The average molecular weight is 224 g/mol. The Morgan fingerprint density at radius 1 is 1.29 bits per heavy atom. The van der Waals surface area contributed by atoms with Gasteiger partial charge in [-0.25, -0.2) is 9.18 Å². The minimum absolute atomic E-state index is 0.557. The van der Waals surface area contributed by atoms with Crippen LogP contribution < -0.4 is 0 Å². The van der Waals surface area contributed by atoms with Gasteiger partial charge in [0.15, 0.2) is 0 Å². The number of hydrogen-bond acceptors (Lipinski definition) is 2. The lowest BCUT2D eigenvalue weighted by Crippen LogP contribution is -2.48. The van der Waals surface area contributed by atoms with Crippen molar-refractivity contribution >= 4 is 5.97 Å². The lowest BCUT2D eigenvalue weighted by Gasteiger charge is -2.20. The largest absolute Gasteiger partial charge is 0.461 e. The Bertz CT molecular complexity index is 211. The van der Waals surface area contributed by atoms with E-state index >= 15 is 0 Å². The Labute approximate surface area is 74.8 Å². The molecular formula is C6H6F6O2. The highest BCUT2D eigenvalue weighted by Gasteiger charge is 2.62. The van der Waals surface area contributed by atoms with Crippen LogP contribution in [0.1, 0.15) is 6.92 Å². The summed E-state index contributed by atoms with van der Waals surface area (Å²) in [6.45, 7) is 0.549. The normalized spacial score (nSPS) is 15.1. The van der Waals surface area contributed by atoms with Gasteiger partial charge in [0, 0.05) is 0 Å². The van der Waals surface area contributed by atoms with Crippen LogP contribution in [-0.2, 0) is 9.53 Å². The molecule has 0 amide bonds. The highest BCUT2D eigenvalue weighted by atomic mass is 19.4. The summed E-state index contributed by atoms with van der Waals surface area (Å²) in [4.78, 5) is 10.2. The summed E-state index contributed by atoms with van der Waals surface area (Å²) in [5.41, 5.74) is 0. The molecule has 1 unspecified atom stereocenters. The van der Waals surface area contributed by atoms with E-state index in [4.69, 9.17) is 0 Å². The van der Waals surface area contributed by atoms with Gasteiger partial charge in [-0.2, -0.15) is 22.0 Å². The van der Waals surface area contributed by atoms with Gasteiger partial charge in [-0.3, -0.25) is 0 Å². The Balaban J connectivity index is 4.69. The van der Waals surface area contributed by atoms with Crippen molar-refractivity contribution in [1.82, 2.24) is 0 Å². The summed E-state index contributed by atoms with van der Waals surface area (Å²) in [5.74, 6) is -7.72. The van der Waals surface area contributed by atoms with Gasteiger partial charge in [0.2, 0.25) is 0 Å². The van der Waals surface area contributed by atoms with E-state index in [1.807, 2.05) is 0 Å². The van der Waals surface area contributed by atoms with Gasteiger partial charge in [0.1, 0.15) is 0 Å². The van der Waals surface area contributed by atoms with E-state index < -0.39 is 30.8 Å². The predicted octanol–water partition coefficient (Wildman–Crippen LogP) is 2.09. The van der Waals surface area contributed by atoms with Crippen molar-refractivity contribution in [2.45, 2.75) is 25.2 Å². The van der Waals surface area contributed by atoms with Crippen LogP contribution >= 0.6 is 0 Å². The first-order chi connectivity index (χ1) is 6.14. The Kier molecular flexibility index (Phi) is 3.78. The highest BCUT2D eigenvalue weighted by molar-refractivity contribution is 5.78. The zero-order valence-electron chi connectivity index (χ0n) is 6.87. The zero-order valence-corrected chi connectivity index (χ0v) is 6.87. The third kappa shape index (κ3) is 2.78. The molecule has 0 aromatic heterocycles. The topological polar surface area (TPSA) is 26.3 Å². The number of hydrogen-bond donors (Lipinski definition) is 0. The molecule has 0 aromatic carbocycles. The smallest absolute Gasteiger partial charge is 0.426 e. The van der Waals surface area contributed by atoms with Gasteiger partial charge in [0.25, 0.3) is 6.17 Å². The lowest BCUT2D eigenvalue weighted by atomic mass is 10.2. The number of carbonyl (C=O) groups excluding carboxylic acids is 1. The molecule has 0 rings (SSSR count). The average Bonchev–Trinajstić information content (AvgIpc) is 2.01. The van der Waals surface area contributed by atoms with Crippen LogP contribution in [-0.4, -0.2) is 30.8 Å². The minimum atomic E-state index is -5.80. The Hall–Kier alpha value is -0.950. The molecule has 0 aliphatic rings. The summed E-state index contributed by atoms with van der Waals surface area (Å²) in [7, 11) is 0. The second-order valence-corrected chi connectivity index (χ2v) is 2.25. The first-order valence-electron chi connectivity index (χ1n) is 3.39. The molecule has 8 heteroatoms. The van der Waals surface area contributed by atoms with Gasteiger partial charge >= 0.3 is 18.1 Å². The maximum atomic E-state index is 12.3. The molecule has 0 spiro atoms. The quantitative estimate of drug-likeness (QED) is 0.542. The molecule has 0 aliphatic carbocycles. The molecule has 0 fully saturated rings. The molecule has 1 atom stereocenters. The van der Waals surface area contributed by atoms with Crippen LogP contribution in [0.4, 0.5) is 26.3 Å². The van der Waals surface area contributed by atoms with E-state index in [-0.39, 0.29) is 0 Å². The van der Waals surface area contributed by atoms with E-state index in [0.29, 0.717) is 0 Å². The van der Waals surface area contributed by atoms with Crippen molar-refractivity contribution in [2.75, 3.05) is 6.61 Å². The fourth-order valence-corrected chi connectivity index (χ4v) is 0.536. The molecule has 2 nitrogen and oxygen atoms in total. The molecule has 0 aliphatic heterocycles. The van der Waals surface area contributed by atoms with Crippen molar-refractivity contribution in [3.63, 3.8) is 0 Å². The van der Waals surface area contributed by atoms with Gasteiger partial charge in [0.05, 0.1) is 6.61 Å². The molecule has 0 bridgehead atoms. The minimum Gasteiger partial charge on any atom is -0.461 e. The molecule has 0 radical (unpaired) electrons. The van der Waals surface area contributed by atoms with E-state index in [2.05, 4.69) is 4.74 Å². The molecule has 0 saturated heterocycles. The van der Waals surface area contributed by atoms with Crippen LogP contribution in [0.25, 0.3) is 0 Å². The van der Waals surface area contributed by atoms with Crippen molar-refractivity contribution in [2.24, 2.45) is 0 Å². The Morgan fingerprint density at radius 2 is 1.71 bits per heavy atom. The second-order valence-electron chi connectivity index (χ2n) is 2.25. The van der Waals surface area contributed by atoms with Crippen molar-refractivity contribution < 1.29 is 35.9 Å². The fraction of sp³-hybridized carbons (Fsp3) is 0.833. The first-order valence-corrected chi connectivity index (χ1v) is 3.39. The predicted molar refractivity (Wildman–Crippen MR) is 32.5 cm³/mol. The van der Waals surface area contributed by atoms with Gasteiger partial charge < -0.3 is 4.74 Å². The van der Waals surface area contributed by atoms with Gasteiger partial charge in [-0.05, 0) is 6.92 Å². The molecule has 0 saturated carbocycles. The number of ether oxygens (including phenoxy) is 1. The van der Waals surface area contributed by atoms with Crippen LogP contribution in [0.3, 0.4) is 0 Å². The first kappa shape index (κ1) is 13.0. The van der Waals surface area contributed by atoms with E-state index in [1.165, 1.54) is 0 Å². The number of esters is 1. The summed E-state index contributed by atoms with van der Waals surface area (Å²) < 4.78 is 74.8. The van der Waals surface area contributed by atoms with Crippen molar-refractivity contribution in [3.05, 3.63) is 0 Å². The number of alkyl halides is 6. The van der Waals surface area contributed by atoms with Crippen molar-refractivity contribution in [3.8, 4) is 0 Å². The van der Waals surface area contributed by atoms with Crippen LogP contribution in [0.15, 0.2) is 0 Å². The second kappa shape index (κ2) is 4.05. The fourth-order valence-electron chi connectivity index (χ4n) is 0.536. The Morgan fingerprint density at radius 3 is 2.00 bits per heavy atom. The number of rotatable bonds is 3. The monoisotopic (exact) mass is 224 g/mol. The lowest BCUT2D eigenvalue weighted by molar-refractivity contribution is -0.249. The molecule has 0 aromatic rings. The van der Waals surface area contributed by atoms with Crippen LogP contribution in [0, 0.1) is 0 Å². The number of halogens is 6. The van der Waals surface area contributed by atoms with Gasteiger partial charge in [-0.15, -0.1) is 0 Å². The zero-order chi connectivity index (χ0) is 11.6. The molecule has 0 heterocycles. The summed E-state index contributed by atoms with van der Waals surface area (Å²) in [6, 6.07) is 0. The summed E-state index contributed by atoms with van der Waals surface area (Å²) >= 11 is 0. The molecule has 14 heavy (non-hydrogen) atoms. The summed E-state index contributed by atoms with van der Waals surface area (Å²) in [6.07, 6.45) is -10.3. The van der Waals surface area contributed by atoms with Crippen LogP contribution in [0.5, 0.6) is 0 Å². The maximum Gasteiger partial charge on any atom is 0.426 e. The molecular weight excluding hydrogens is 218 g/mol.